The third-order valence-electron chi connectivity index (χ3n) is 2.55. The highest BCUT2D eigenvalue weighted by atomic mass is 79.9. The zero-order valence-electron chi connectivity index (χ0n) is 9.68. The molecule has 0 aliphatic carbocycles. The lowest BCUT2D eigenvalue weighted by Crippen LogP contribution is -1.84. The fourth-order valence-electron chi connectivity index (χ4n) is 1.61. The van der Waals surface area contributed by atoms with Gasteiger partial charge >= 0.3 is 5.97 Å². The quantitative estimate of drug-likeness (QED) is 0.839. The molecule has 0 unspecified atom stereocenters. The highest BCUT2D eigenvalue weighted by Crippen LogP contribution is 2.33. The normalized spacial score (nSPS) is 11.0. The van der Waals surface area contributed by atoms with Gasteiger partial charge in [0, 0.05) is 20.3 Å². The molecule has 1 aromatic carbocycles. The summed E-state index contributed by atoms with van der Waals surface area (Å²) in [5, 5.41) is 8.59. The average Bonchev–Trinajstić information content (AvgIpc) is 2.78. The zero-order chi connectivity index (χ0) is 13.1. The van der Waals surface area contributed by atoms with Gasteiger partial charge in [0.25, 0.3) is 0 Å². The van der Waals surface area contributed by atoms with Crippen molar-refractivity contribution < 1.29 is 9.90 Å². The van der Waals surface area contributed by atoms with Gasteiger partial charge in [-0.05, 0) is 42.3 Å². The van der Waals surface area contributed by atoms with Crippen molar-refractivity contribution in [3.05, 3.63) is 51.3 Å². The Morgan fingerprint density at radius 2 is 2.11 bits per heavy atom. The third-order valence-corrected chi connectivity index (χ3v) is 4.49. The van der Waals surface area contributed by atoms with Gasteiger partial charge in [0.15, 0.2) is 0 Å². The van der Waals surface area contributed by atoms with Gasteiger partial charge in [-0.15, -0.1) is 11.3 Å². The number of thiophene rings is 1. The second-order valence-electron chi connectivity index (χ2n) is 3.79. The molecule has 0 atom stereocenters. The van der Waals surface area contributed by atoms with Gasteiger partial charge in [-0.3, -0.25) is 0 Å². The minimum atomic E-state index is -0.927. The molecule has 92 valence electrons. The van der Waals surface area contributed by atoms with Gasteiger partial charge < -0.3 is 5.11 Å². The number of carboxylic acids is 1. The predicted molar refractivity (Wildman–Crippen MR) is 78.9 cm³/mol. The molecule has 0 amide bonds. The molecule has 4 heteroatoms. The first kappa shape index (κ1) is 13.1. The van der Waals surface area contributed by atoms with Crippen LogP contribution in [0.5, 0.6) is 0 Å². The fraction of sp³-hybridized carbons (Fsp3) is 0.0714. The minimum absolute atomic E-state index is 0.927. The summed E-state index contributed by atoms with van der Waals surface area (Å²) < 4.78 is 1.08. The summed E-state index contributed by atoms with van der Waals surface area (Å²) in [7, 11) is 0. The van der Waals surface area contributed by atoms with E-state index in [1.807, 2.05) is 24.3 Å². The summed E-state index contributed by atoms with van der Waals surface area (Å²) in [4.78, 5) is 12.5. The van der Waals surface area contributed by atoms with Crippen molar-refractivity contribution in [3.63, 3.8) is 0 Å². The van der Waals surface area contributed by atoms with Crippen molar-refractivity contribution in [1.82, 2.24) is 0 Å². The Morgan fingerprint density at radius 1 is 1.33 bits per heavy atom. The fourth-order valence-corrected chi connectivity index (χ4v) is 2.97. The minimum Gasteiger partial charge on any atom is -0.478 e. The second kappa shape index (κ2) is 5.50. The molecule has 0 fully saturated rings. The molecule has 0 aliphatic rings. The monoisotopic (exact) mass is 322 g/mol. The molecule has 0 radical (unpaired) electrons. The lowest BCUT2D eigenvalue weighted by Gasteiger charge is -2.04. The van der Waals surface area contributed by atoms with Crippen molar-refractivity contribution in [2.24, 2.45) is 0 Å². The largest absolute Gasteiger partial charge is 0.478 e. The van der Waals surface area contributed by atoms with Gasteiger partial charge in [0.2, 0.25) is 0 Å². The van der Waals surface area contributed by atoms with Crippen LogP contribution in [0.2, 0.25) is 0 Å². The van der Waals surface area contributed by atoms with Gasteiger partial charge in [-0.2, -0.15) is 0 Å². The third kappa shape index (κ3) is 2.89. The summed E-state index contributed by atoms with van der Waals surface area (Å²) in [6.45, 7) is 2.06. The molecule has 0 spiro atoms. The molecule has 2 rings (SSSR count). The van der Waals surface area contributed by atoms with Crippen molar-refractivity contribution in [2.75, 3.05) is 0 Å². The topological polar surface area (TPSA) is 37.3 Å². The molecule has 0 saturated carbocycles. The number of rotatable bonds is 3. The predicted octanol–water partition coefficient (Wildman–Crippen LogP) is 4.58. The summed E-state index contributed by atoms with van der Waals surface area (Å²) in [5.41, 5.74) is 2.36. The van der Waals surface area contributed by atoms with E-state index in [2.05, 4.69) is 28.9 Å². The maximum atomic E-state index is 10.5. The molecule has 1 aromatic heterocycles. The van der Waals surface area contributed by atoms with Crippen molar-refractivity contribution in [3.8, 4) is 10.4 Å². The number of benzene rings is 1. The van der Waals surface area contributed by atoms with Crippen molar-refractivity contribution in [2.45, 2.75) is 6.92 Å². The van der Waals surface area contributed by atoms with Crippen LogP contribution in [0.1, 0.15) is 10.4 Å². The van der Waals surface area contributed by atoms with Gasteiger partial charge in [0.1, 0.15) is 0 Å². The maximum Gasteiger partial charge on any atom is 0.328 e. The van der Waals surface area contributed by atoms with E-state index in [1.165, 1.54) is 11.1 Å². The molecule has 0 aliphatic heterocycles. The van der Waals surface area contributed by atoms with E-state index in [1.54, 1.807) is 17.4 Å². The summed E-state index contributed by atoms with van der Waals surface area (Å²) >= 11 is 5.09. The van der Waals surface area contributed by atoms with Gasteiger partial charge in [-0.1, -0.05) is 28.1 Å². The van der Waals surface area contributed by atoms with Gasteiger partial charge in [0.05, 0.1) is 0 Å². The molecule has 1 N–H and O–H groups in total. The molecule has 0 bridgehead atoms. The van der Waals surface area contributed by atoms with Crippen LogP contribution in [0.25, 0.3) is 16.5 Å². The second-order valence-corrected chi connectivity index (χ2v) is 5.76. The molecule has 0 saturated heterocycles. The Kier molecular flexibility index (Phi) is 3.99. The van der Waals surface area contributed by atoms with Crippen LogP contribution in [-0.2, 0) is 4.79 Å². The Morgan fingerprint density at radius 3 is 2.83 bits per heavy atom. The number of hydrogen-bond donors (Lipinski definition) is 1. The SMILES string of the molecule is Cc1c(Br)cccc1-c1ccc(/C=C/C(=O)O)s1. The van der Waals surface area contributed by atoms with E-state index in [-0.39, 0.29) is 0 Å². The number of hydrogen-bond acceptors (Lipinski definition) is 2. The molecule has 1 heterocycles. The average molecular weight is 323 g/mol. The summed E-state index contributed by atoms with van der Waals surface area (Å²) in [6, 6.07) is 10.0. The standard InChI is InChI=1S/C14H11BrO2S/c1-9-11(3-2-4-12(9)15)13-7-5-10(18-13)6-8-14(16)17/h2-8H,1H3,(H,16,17)/b8-6+. The zero-order valence-corrected chi connectivity index (χ0v) is 12.1. The maximum absolute atomic E-state index is 10.5. The van der Waals surface area contributed by atoms with E-state index < -0.39 is 5.97 Å². The number of carbonyl (C=O) groups is 1. The molecule has 2 nitrogen and oxygen atoms in total. The first-order chi connectivity index (χ1) is 8.58. The Balaban J connectivity index is 2.35. The van der Waals surface area contributed by atoms with Crippen LogP contribution in [0.15, 0.2) is 40.9 Å². The summed E-state index contributed by atoms with van der Waals surface area (Å²) in [5.74, 6) is -0.927. The number of halogens is 1. The highest BCUT2D eigenvalue weighted by Gasteiger charge is 2.06. The van der Waals surface area contributed by atoms with Gasteiger partial charge in [-0.25, -0.2) is 4.79 Å². The number of aliphatic carboxylic acids is 1. The highest BCUT2D eigenvalue weighted by molar-refractivity contribution is 9.10. The Labute approximate surface area is 118 Å². The van der Waals surface area contributed by atoms with E-state index >= 15 is 0 Å². The van der Waals surface area contributed by atoms with E-state index in [9.17, 15) is 4.79 Å². The van der Waals surface area contributed by atoms with Crippen molar-refractivity contribution >= 4 is 39.3 Å². The van der Waals surface area contributed by atoms with E-state index in [0.29, 0.717) is 0 Å². The molecular formula is C14H11BrO2S. The first-order valence-corrected chi connectivity index (χ1v) is 6.95. The molecular weight excluding hydrogens is 312 g/mol. The first-order valence-electron chi connectivity index (χ1n) is 5.34. The molecule has 18 heavy (non-hydrogen) atoms. The number of carboxylic acid groups (broad SMARTS) is 1. The Bertz CT molecular complexity index is 614. The molecule has 2 aromatic rings. The lowest BCUT2D eigenvalue weighted by molar-refractivity contribution is -0.131. The van der Waals surface area contributed by atoms with Crippen LogP contribution in [0.3, 0.4) is 0 Å². The van der Waals surface area contributed by atoms with Crippen LogP contribution < -0.4 is 0 Å². The van der Waals surface area contributed by atoms with E-state index in [0.717, 1.165) is 20.3 Å². The smallest absolute Gasteiger partial charge is 0.328 e. The van der Waals surface area contributed by atoms with Crippen LogP contribution in [0, 0.1) is 6.92 Å². The Hall–Kier alpha value is -1.39. The summed E-state index contributed by atoms with van der Waals surface area (Å²) in [6.07, 6.45) is 2.77. The van der Waals surface area contributed by atoms with Crippen molar-refractivity contribution in [1.29, 1.82) is 0 Å². The van der Waals surface area contributed by atoms with Crippen LogP contribution in [0.4, 0.5) is 0 Å². The lowest BCUT2D eigenvalue weighted by atomic mass is 10.1. The van der Waals surface area contributed by atoms with Crippen LogP contribution in [-0.4, -0.2) is 11.1 Å². The van der Waals surface area contributed by atoms with E-state index in [4.69, 9.17) is 5.11 Å². The van der Waals surface area contributed by atoms with Crippen LogP contribution >= 0.6 is 27.3 Å².